The molecule has 0 atom stereocenters. The van der Waals surface area contributed by atoms with Crippen LogP contribution in [0.3, 0.4) is 0 Å². The van der Waals surface area contributed by atoms with E-state index in [0.29, 0.717) is 15.9 Å². The lowest BCUT2D eigenvalue weighted by Crippen LogP contribution is -2.14. The molecule has 25 heavy (non-hydrogen) atoms. The molecule has 3 aromatic rings. The van der Waals surface area contributed by atoms with Gasteiger partial charge in [0.1, 0.15) is 0 Å². The average molecular weight is 393 g/mol. The van der Waals surface area contributed by atoms with Gasteiger partial charge in [0.25, 0.3) is 0 Å². The fraction of sp³-hybridized carbons (Fsp3) is 0.235. The molecule has 0 saturated carbocycles. The molecule has 0 spiro atoms. The number of hydrogen-bond acceptors (Lipinski definition) is 5. The second-order valence-electron chi connectivity index (χ2n) is 5.37. The monoisotopic (exact) mass is 392 g/mol. The van der Waals surface area contributed by atoms with Gasteiger partial charge < -0.3 is 9.88 Å². The molecule has 0 aliphatic rings. The number of hydrogen-bond donors (Lipinski definition) is 1. The van der Waals surface area contributed by atoms with Crippen molar-refractivity contribution < 1.29 is 4.79 Å². The Morgan fingerprint density at radius 2 is 2.20 bits per heavy atom. The standard InChI is InChI=1S/C17H17ClN4OS2/c1-3-14-7-11(9-24-14)16-20-21-17(22(16)2)25-10-15(23)19-13-6-4-5-12(18)8-13/h4-9H,3,10H2,1-2H3,(H,19,23). The summed E-state index contributed by atoms with van der Waals surface area (Å²) in [5.41, 5.74) is 1.74. The minimum absolute atomic E-state index is 0.111. The summed E-state index contributed by atoms with van der Waals surface area (Å²) in [7, 11) is 1.91. The number of nitrogens with zero attached hydrogens (tertiary/aromatic N) is 3. The van der Waals surface area contributed by atoms with Crippen molar-refractivity contribution in [3.05, 3.63) is 45.6 Å². The number of thiophene rings is 1. The highest BCUT2D eigenvalue weighted by Gasteiger charge is 2.14. The molecule has 0 aliphatic heterocycles. The van der Waals surface area contributed by atoms with Crippen molar-refractivity contribution in [2.75, 3.05) is 11.1 Å². The van der Waals surface area contributed by atoms with Crippen LogP contribution in [0.2, 0.25) is 5.02 Å². The fourth-order valence-corrected chi connectivity index (χ4v) is 3.98. The zero-order valence-electron chi connectivity index (χ0n) is 13.8. The van der Waals surface area contributed by atoms with E-state index >= 15 is 0 Å². The molecule has 2 heterocycles. The quantitative estimate of drug-likeness (QED) is 0.628. The van der Waals surface area contributed by atoms with Gasteiger partial charge in [0.15, 0.2) is 11.0 Å². The first-order valence-electron chi connectivity index (χ1n) is 7.72. The first kappa shape index (κ1) is 18.0. The Labute approximate surface area is 159 Å². The highest BCUT2D eigenvalue weighted by molar-refractivity contribution is 7.99. The Kier molecular flexibility index (Phi) is 5.78. The number of rotatable bonds is 6. The average Bonchev–Trinajstić information content (AvgIpc) is 3.19. The predicted molar refractivity (Wildman–Crippen MR) is 104 cm³/mol. The largest absolute Gasteiger partial charge is 0.325 e. The Bertz CT molecular complexity index is 890. The van der Waals surface area contributed by atoms with Crippen LogP contribution >= 0.6 is 34.7 Å². The smallest absolute Gasteiger partial charge is 0.234 e. The van der Waals surface area contributed by atoms with Crippen LogP contribution in [0.15, 0.2) is 40.9 Å². The SMILES string of the molecule is CCc1cc(-c2nnc(SCC(=O)Nc3cccc(Cl)c3)n2C)cs1. The van der Waals surface area contributed by atoms with Crippen molar-refractivity contribution in [3.8, 4) is 11.4 Å². The molecule has 1 N–H and O–H groups in total. The molecule has 0 bridgehead atoms. The maximum atomic E-state index is 12.1. The van der Waals surface area contributed by atoms with Gasteiger partial charge in [-0.05, 0) is 30.7 Å². The number of thioether (sulfide) groups is 1. The number of carbonyl (C=O) groups excluding carboxylic acids is 1. The number of aryl methyl sites for hydroxylation is 1. The van der Waals surface area contributed by atoms with Gasteiger partial charge in [-0.15, -0.1) is 21.5 Å². The Hall–Kier alpha value is -1.83. The molecular formula is C17H17ClN4OS2. The van der Waals surface area contributed by atoms with E-state index in [0.717, 1.165) is 17.8 Å². The highest BCUT2D eigenvalue weighted by Crippen LogP contribution is 2.27. The van der Waals surface area contributed by atoms with Crippen LogP contribution in [0.1, 0.15) is 11.8 Å². The van der Waals surface area contributed by atoms with Gasteiger partial charge >= 0.3 is 0 Å². The topological polar surface area (TPSA) is 59.8 Å². The van der Waals surface area contributed by atoms with Crippen molar-refractivity contribution in [1.29, 1.82) is 0 Å². The van der Waals surface area contributed by atoms with Crippen molar-refractivity contribution in [1.82, 2.24) is 14.8 Å². The summed E-state index contributed by atoms with van der Waals surface area (Å²) in [4.78, 5) is 13.4. The third kappa shape index (κ3) is 4.42. The molecule has 1 aromatic carbocycles. The minimum atomic E-state index is -0.111. The molecule has 2 aromatic heterocycles. The molecule has 0 fully saturated rings. The van der Waals surface area contributed by atoms with Crippen LogP contribution in [-0.2, 0) is 18.3 Å². The molecular weight excluding hydrogens is 376 g/mol. The van der Waals surface area contributed by atoms with E-state index in [9.17, 15) is 4.79 Å². The van der Waals surface area contributed by atoms with Crippen LogP contribution in [0, 0.1) is 0 Å². The van der Waals surface area contributed by atoms with E-state index in [2.05, 4.69) is 33.9 Å². The third-order valence-electron chi connectivity index (χ3n) is 3.54. The van der Waals surface area contributed by atoms with E-state index in [4.69, 9.17) is 11.6 Å². The Balaban J connectivity index is 1.63. The molecule has 0 unspecified atom stereocenters. The zero-order valence-corrected chi connectivity index (χ0v) is 16.2. The lowest BCUT2D eigenvalue weighted by Gasteiger charge is -2.05. The summed E-state index contributed by atoms with van der Waals surface area (Å²) in [5.74, 6) is 0.955. The van der Waals surface area contributed by atoms with Crippen molar-refractivity contribution in [2.45, 2.75) is 18.5 Å². The summed E-state index contributed by atoms with van der Waals surface area (Å²) in [5, 5.41) is 14.7. The second kappa shape index (κ2) is 8.03. The van der Waals surface area contributed by atoms with Crippen LogP contribution in [0.5, 0.6) is 0 Å². The van der Waals surface area contributed by atoms with Crippen LogP contribution < -0.4 is 5.32 Å². The second-order valence-corrected chi connectivity index (χ2v) is 7.74. The van der Waals surface area contributed by atoms with Gasteiger partial charge in [-0.3, -0.25) is 4.79 Å². The van der Waals surface area contributed by atoms with Crippen LogP contribution in [-0.4, -0.2) is 26.4 Å². The van der Waals surface area contributed by atoms with Crippen molar-refractivity contribution in [2.24, 2.45) is 7.05 Å². The third-order valence-corrected chi connectivity index (χ3v) is 5.87. The summed E-state index contributed by atoms with van der Waals surface area (Å²) in [6.45, 7) is 2.13. The first-order chi connectivity index (χ1) is 12.1. The number of anilines is 1. The van der Waals surface area contributed by atoms with Crippen molar-refractivity contribution >= 4 is 46.3 Å². The Morgan fingerprint density at radius 3 is 2.92 bits per heavy atom. The minimum Gasteiger partial charge on any atom is -0.325 e. The predicted octanol–water partition coefficient (Wildman–Crippen LogP) is 4.49. The molecule has 130 valence electrons. The van der Waals surface area contributed by atoms with Crippen molar-refractivity contribution in [3.63, 3.8) is 0 Å². The number of aromatic nitrogens is 3. The van der Waals surface area contributed by atoms with E-state index in [1.165, 1.54) is 16.6 Å². The van der Waals surface area contributed by atoms with Gasteiger partial charge in [-0.2, -0.15) is 0 Å². The number of halogens is 1. The maximum absolute atomic E-state index is 12.1. The van der Waals surface area contributed by atoms with Crippen LogP contribution in [0.25, 0.3) is 11.4 Å². The first-order valence-corrected chi connectivity index (χ1v) is 9.96. The lowest BCUT2D eigenvalue weighted by molar-refractivity contribution is -0.113. The highest BCUT2D eigenvalue weighted by atomic mass is 35.5. The maximum Gasteiger partial charge on any atom is 0.234 e. The van der Waals surface area contributed by atoms with Gasteiger partial charge in [0, 0.05) is 33.6 Å². The summed E-state index contributed by atoms with van der Waals surface area (Å²) >= 11 is 8.99. The Morgan fingerprint density at radius 1 is 1.36 bits per heavy atom. The van der Waals surface area contributed by atoms with E-state index in [1.54, 1.807) is 35.6 Å². The molecule has 1 amide bonds. The van der Waals surface area contributed by atoms with Gasteiger partial charge in [0.2, 0.25) is 5.91 Å². The number of carbonyl (C=O) groups is 1. The molecule has 0 aliphatic carbocycles. The molecule has 0 saturated heterocycles. The molecule has 0 radical (unpaired) electrons. The molecule has 5 nitrogen and oxygen atoms in total. The molecule has 3 rings (SSSR count). The van der Waals surface area contributed by atoms with Gasteiger partial charge in [-0.1, -0.05) is 36.4 Å². The summed E-state index contributed by atoms with van der Waals surface area (Å²) < 4.78 is 1.92. The van der Waals surface area contributed by atoms with E-state index in [-0.39, 0.29) is 11.7 Å². The summed E-state index contributed by atoms with van der Waals surface area (Å²) in [6, 6.07) is 9.21. The fourth-order valence-electron chi connectivity index (χ4n) is 2.27. The molecule has 8 heteroatoms. The van der Waals surface area contributed by atoms with E-state index < -0.39 is 0 Å². The zero-order chi connectivity index (χ0) is 17.8. The van der Waals surface area contributed by atoms with Gasteiger partial charge in [-0.25, -0.2) is 0 Å². The normalized spacial score (nSPS) is 10.8. The number of nitrogens with one attached hydrogen (secondary N) is 1. The van der Waals surface area contributed by atoms with Gasteiger partial charge in [0.05, 0.1) is 5.75 Å². The lowest BCUT2D eigenvalue weighted by atomic mass is 10.2. The summed E-state index contributed by atoms with van der Waals surface area (Å²) in [6.07, 6.45) is 1.01. The number of benzene rings is 1. The number of amides is 1. The van der Waals surface area contributed by atoms with Crippen LogP contribution in [0.4, 0.5) is 5.69 Å². The van der Waals surface area contributed by atoms with E-state index in [1.807, 2.05) is 11.6 Å².